The molecule has 0 saturated carbocycles. The van der Waals surface area contributed by atoms with Crippen LogP contribution < -0.4 is 10.6 Å². The lowest BCUT2D eigenvalue weighted by Crippen LogP contribution is -2.27. The predicted octanol–water partition coefficient (Wildman–Crippen LogP) is 2.80. The molecule has 1 aromatic carbocycles. The minimum absolute atomic E-state index is 0.187. The summed E-state index contributed by atoms with van der Waals surface area (Å²) in [5, 5.41) is 12.0. The van der Waals surface area contributed by atoms with Crippen molar-refractivity contribution in [2.75, 3.05) is 18.0 Å². The molecule has 1 fully saturated rings. The average molecular weight is 261 g/mol. The lowest BCUT2D eigenvalue weighted by Gasteiger charge is -2.25. The third-order valence-electron chi connectivity index (χ3n) is 4.05. The number of hydrogen-bond acceptors (Lipinski definition) is 3. The van der Waals surface area contributed by atoms with Crippen LogP contribution in [0.4, 0.5) is 5.69 Å². The Bertz CT molecular complexity index is 445. The Kier molecular flexibility index (Phi) is 4.66. The second-order valence-electron chi connectivity index (χ2n) is 5.19. The maximum atomic E-state index is 8.89. The largest absolute Gasteiger partial charge is 0.409 e. The number of nitrogens with zero attached hydrogens (tertiary/aromatic N) is 2. The average Bonchev–Trinajstić information content (AvgIpc) is 2.71. The van der Waals surface area contributed by atoms with Crippen molar-refractivity contribution in [1.82, 2.24) is 0 Å². The zero-order valence-corrected chi connectivity index (χ0v) is 11.5. The standard InChI is InChI=1S/C15H23N3O/c1-2-12-6-5-10-18(11-9-12)14-8-4-3-7-13(14)15(16)17-19/h3-4,7-8,12,19H,2,5-6,9-11H2,1H3,(H2,16,17). The Morgan fingerprint density at radius 1 is 1.37 bits per heavy atom. The topological polar surface area (TPSA) is 61.8 Å². The van der Waals surface area contributed by atoms with Gasteiger partial charge in [0.05, 0.1) is 0 Å². The molecule has 19 heavy (non-hydrogen) atoms. The highest BCUT2D eigenvalue weighted by molar-refractivity contribution is 6.02. The summed E-state index contributed by atoms with van der Waals surface area (Å²) in [5.74, 6) is 1.02. The van der Waals surface area contributed by atoms with Crippen molar-refractivity contribution in [2.24, 2.45) is 16.8 Å². The molecule has 1 atom stereocenters. The molecule has 0 amide bonds. The number of anilines is 1. The SMILES string of the molecule is CCC1CCCN(c2ccccc2C(N)=NO)CC1. The van der Waals surface area contributed by atoms with E-state index < -0.39 is 0 Å². The van der Waals surface area contributed by atoms with Gasteiger partial charge in [-0.15, -0.1) is 0 Å². The highest BCUT2D eigenvalue weighted by atomic mass is 16.4. The maximum absolute atomic E-state index is 8.89. The predicted molar refractivity (Wildman–Crippen MR) is 78.8 cm³/mol. The van der Waals surface area contributed by atoms with Crippen LogP contribution in [-0.4, -0.2) is 24.1 Å². The van der Waals surface area contributed by atoms with Gasteiger partial charge in [0.2, 0.25) is 0 Å². The van der Waals surface area contributed by atoms with Crippen molar-refractivity contribution in [2.45, 2.75) is 32.6 Å². The third kappa shape index (κ3) is 3.19. The van der Waals surface area contributed by atoms with Crippen molar-refractivity contribution in [1.29, 1.82) is 0 Å². The number of hydrogen-bond donors (Lipinski definition) is 2. The summed E-state index contributed by atoms with van der Waals surface area (Å²) in [6.07, 6.45) is 5.00. The molecule has 0 bridgehead atoms. The molecule has 1 heterocycles. The molecule has 1 aliphatic heterocycles. The number of amidine groups is 1. The smallest absolute Gasteiger partial charge is 0.172 e. The Morgan fingerprint density at radius 3 is 2.89 bits per heavy atom. The van der Waals surface area contributed by atoms with Crippen LogP contribution in [0, 0.1) is 5.92 Å². The molecule has 1 saturated heterocycles. The molecule has 4 heteroatoms. The summed E-state index contributed by atoms with van der Waals surface area (Å²) < 4.78 is 0. The van der Waals surface area contributed by atoms with Crippen LogP contribution in [0.25, 0.3) is 0 Å². The molecule has 3 N–H and O–H groups in total. The molecule has 0 aromatic heterocycles. The van der Waals surface area contributed by atoms with E-state index in [9.17, 15) is 0 Å². The van der Waals surface area contributed by atoms with Gasteiger partial charge in [0, 0.05) is 24.3 Å². The van der Waals surface area contributed by atoms with E-state index in [0.29, 0.717) is 0 Å². The van der Waals surface area contributed by atoms with E-state index >= 15 is 0 Å². The molecule has 0 aliphatic carbocycles. The van der Waals surface area contributed by atoms with Gasteiger partial charge in [-0.3, -0.25) is 0 Å². The van der Waals surface area contributed by atoms with Crippen molar-refractivity contribution in [3.63, 3.8) is 0 Å². The van der Waals surface area contributed by atoms with E-state index in [0.717, 1.165) is 30.3 Å². The van der Waals surface area contributed by atoms with Crippen molar-refractivity contribution >= 4 is 11.5 Å². The van der Waals surface area contributed by atoms with Crippen LogP contribution in [0.15, 0.2) is 29.4 Å². The van der Waals surface area contributed by atoms with Gasteiger partial charge in [0.1, 0.15) is 0 Å². The molecule has 1 unspecified atom stereocenters. The van der Waals surface area contributed by atoms with Crippen LogP contribution >= 0.6 is 0 Å². The number of para-hydroxylation sites is 1. The monoisotopic (exact) mass is 261 g/mol. The summed E-state index contributed by atoms with van der Waals surface area (Å²) in [6.45, 7) is 4.37. The molecule has 1 aromatic rings. The Balaban J connectivity index is 2.22. The molecule has 2 rings (SSSR count). The van der Waals surface area contributed by atoms with E-state index in [1.54, 1.807) is 0 Å². The first-order valence-corrected chi connectivity index (χ1v) is 7.08. The first-order chi connectivity index (χ1) is 9.26. The van der Waals surface area contributed by atoms with E-state index in [-0.39, 0.29) is 5.84 Å². The first-order valence-electron chi connectivity index (χ1n) is 7.08. The summed E-state index contributed by atoms with van der Waals surface area (Å²) in [4.78, 5) is 2.36. The molecule has 1 aliphatic rings. The number of nitrogens with two attached hydrogens (primary N) is 1. The highest BCUT2D eigenvalue weighted by Crippen LogP contribution is 2.26. The van der Waals surface area contributed by atoms with Crippen LogP contribution in [0.3, 0.4) is 0 Å². The zero-order chi connectivity index (χ0) is 13.7. The molecule has 0 spiro atoms. The van der Waals surface area contributed by atoms with Crippen LogP contribution in [0.5, 0.6) is 0 Å². The fourth-order valence-corrected chi connectivity index (χ4v) is 2.83. The minimum atomic E-state index is 0.187. The first kappa shape index (κ1) is 13.7. The number of benzene rings is 1. The Labute approximate surface area is 114 Å². The van der Waals surface area contributed by atoms with Crippen LogP contribution in [0.1, 0.15) is 38.2 Å². The molecule has 0 radical (unpaired) electrons. The van der Waals surface area contributed by atoms with Crippen molar-refractivity contribution < 1.29 is 5.21 Å². The fraction of sp³-hybridized carbons (Fsp3) is 0.533. The van der Waals surface area contributed by atoms with Gasteiger partial charge in [-0.25, -0.2) is 0 Å². The second-order valence-corrected chi connectivity index (χ2v) is 5.19. The van der Waals surface area contributed by atoms with Gasteiger partial charge in [0.15, 0.2) is 5.84 Å². The molecule has 4 nitrogen and oxygen atoms in total. The minimum Gasteiger partial charge on any atom is -0.409 e. The number of rotatable bonds is 3. The van der Waals surface area contributed by atoms with Crippen LogP contribution in [-0.2, 0) is 0 Å². The summed E-state index contributed by atoms with van der Waals surface area (Å²) in [7, 11) is 0. The summed E-state index contributed by atoms with van der Waals surface area (Å²) >= 11 is 0. The lowest BCUT2D eigenvalue weighted by atomic mass is 9.98. The van der Waals surface area contributed by atoms with Crippen molar-refractivity contribution in [3.8, 4) is 0 Å². The van der Waals surface area contributed by atoms with E-state index in [1.807, 2.05) is 18.2 Å². The van der Waals surface area contributed by atoms with Gasteiger partial charge in [-0.2, -0.15) is 0 Å². The van der Waals surface area contributed by atoms with E-state index in [1.165, 1.54) is 25.7 Å². The van der Waals surface area contributed by atoms with Gasteiger partial charge in [-0.1, -0.05) is 30.6 Å². The molecule has 104 valence electrons. The van der Waals surface area contributed by atoms with Crippen molar-refractivity contribution in [3.05, 3.63) is 29.8 Å². The Hall–Kier alpha value is -1.71. The summed E-state index contributed by atoms with van der Waals surface area (Å²) in [6, 6.07) is 7.89. The van der Waals surface area contributed by atoms with E-state index in [2.05, 4.69) is 23.0 Å². The van der Waals surface area contributed by atoms with Gasteiger partial charge in [-0.05, 0) is 37.3 Å². The normalized spacial score (nSPS) is 21.2. The number of oxime groups is 1. The quantitative estimate of drug-likeness (QED) is 0.380. The summed E-state index contributed by atoms with van der Waals surface area (Å²) in [5.41, 5.74) is 7.67. The van der Waals surface area contributed by atoms with Crippen LogP contribution in [0.2, 0.25) is 0 Å². The van der Waals surface area contributed by atoms with E-state index in [4.69, 9.17) is 10.9 Å². The zero-order valence-electron chi connectivity index (χ0n) is 11.5. The fourth-order valence-electron chi connectivity index (χ4n) is 2.83. The third-order valence-corrected chi connectivity index (χ3v) is 4.05. The maximum Gasteiger partial charge on any atom is 0.172 e. The lowest BCUT2D eigenvalue weighted by molar-refractivity contribution is 0.318. The van der Waals surface area contributed by atoms with Gasteiger partial charge >= 0.3 is 0 Å². The Morgan fingerprint density at radius 2 is 2.16 bits per heavy atom. The molecular formula is C15H23N3O. The van der Waals surface area contributed by atoms with Gasteiger partial charge in [0.25, 0.3) is 0 Å². The highest BCUT2D eigenvalue weighted by Gasteiger charge is 2.18. The second kappa shape index (κ2) is 6.45. The molecular weight excluding hydrogens is 238 g/mol. The van der Waals surface area contributed by atoms with Gasteiger partial charge < -0.3 is 15.8 Å².